The normalized spacial score (nSPS) is 11.1. The molecule has 0 unspecified atom stereocenters. The minimum atomic E-state index is -0.411. The van der Waals surface area contributed by atoms with E-state index in [1.165, 1.54) is 11.0 Å². The Morgan fingerprint density at radius 1 is 1.07 bits per heavy atom. The van der Waals surface area contributed by atoms with Gasteiger partial charge in [0.05, 0.1) is 16.8 Å². The number of ether oxygens (including phenoxy) is 1. The van der Waals surface area contributed by atoms with Crippen LogP contribution in [-0.4, -0.2) is 31.2 Å². The molecular weight excluding hydrogens is 342 g/mol. The first-order valence-corrected chi connectivity index (χ1v) is 8.57. The summed E-state index contributed by atoms with van der Waals surface area (Å²) < 4.78 is 7.11. The zero-order chi connectivity index (χ0) is 18.8. The number of aromatic nitrogens is 5. The van der Waals surface area contributed by atoms with E-state index in [0.29, 0.717) is 11.3 Å². The van der Waals surface area contributed by atoms with Gasteiger partial charge in [-0.25, -0.2) is 9.48 Å². The second-order valence-corrected chi connectivity index (χ2v) is 6.40. The van der Waals surface area contributed by atoms with Crippen molar-refractivity contribution < 1.29 is 9.53 Å². The minimum Gasteiger partial charge on any atom is -0.423 e. The zero-order valence-electron chi connectivity index (χ0n) is 14.9. The van der Waals surface area contributed by atoms with Gasteiger partial charge in [-0.3, -0.25) is 4.98 Å². The number of benzene rings is 2. The monoisotopic (exact) mass is 359 g/mol. The highest BCUT2D eigenvalue weighted by Gasteiger charge is 2.16. The molecule has 0 radical (unpaired) electrons. The molecule has 0 spiro atoms. The van der Waals surface area contributed by atoms with E-state index in [0.717, 1.165) is 22.3 Å². The number of hydrogen-bond donors (Lipinski definition) is 0. The van der Waals surface area contributed by atoms with Crippen LogP contribution < -0.4 is 4.74 Å². The van der Waals surface area contributed by atoms with Crippen molar-refractivity contribution in [2.75, 3.05) is 0 Å². The largest absolute Gasteiger partial charge is 0.423 e. The van der Waals surface area contributed by atoms with Gasteiger partial charge in [-0.15, -0.1) is 5.10 Å². The Labute approximate surface area is 155 Å². The van der Waals surface area contributed by atoms with Crippen LogP contribution in [-0.2, 0) is 0 Å². The van der Waals surface area contributed by atoms with Crippen LogP contribution >= 0.6 is 0 Å². The van der Waals surface area contributed by atoms with Crippen LogP contribution in [0.4, 0.5) is 0 Å². The summed E-state index contributed by atoms with van der Waals surface area (Å²) >= 11 is 0. The van der Waals surface area contributed by atoms with E-state index in [-0.39, 0.29) is 5.92 Å². The Bertz CT molecular complexity index is 1090. The van der Waals surface area contributed by atoms with Crippen molar-refractivity contribution in [2.45, 2.75) is 19.8 Å². The molecule has 0 saturated carbocycles. The smallest absolute Gasteiger partial charge is 0.344 e. The van der Waals surface area contributed by atoms with Crippen LogP contribution in [0.15, 0.2) is 60.9 Å². The van der Waals surface area contributed by atoms with Gasteiger partial charge in [0, 0.05) is 11.1 Å². The van der Waals surface area contributed by atoms with Gasteiger partial charge in [-0.1, -0.05) is 32.0 Å². The number of hydrogen-bond acceptors (Lipinski definition) is 6. The second kappa shape index (κ2) is 6.95. The predicted molar refractivity (Wildman–Crippen MR) is 99.9 cm³/mol. The Balaban J connectivity index is 1.65. The lowest BCUT2D eigenvalue weighted by atomic mass is 10.0. The number of carbonyl (C=O) groups excluding carboxylic acids is 1. The molecule has 0 bridgehead atoms. The summed E-state index contributed by atoms with van der Waals surface area (Å²) in [5.41, 5.74) is 2.92. The molecule has 0 saturated heterocycles. The third-order valence-corrected chi connectivity index (χ3v) is 4.21. The van der Waals surface area contributed by atoms with E-state index in [1.807, 2.05) is 44.2 Å². The molecule has 0 aliphatic heterocycles. The summed E-state index contributed by atoms with van der Waals surface area (Å²) in [5, 5.41) is 11.8. The Hall–Kier alpha value is -3.61. The molecule has 27 heavy (non-hydrogen) atoms. The van der Waals surface area contributed by atoms with E-state index in [4.69, 9.17) is 4.74 Å². The van der Waals surface area contributed by atoms with Crippen LogP contribution in [0.5, 0.6) is 5.75 Å². The maximum absolute atomic E-state index is 12.8. The van der Waals surface area contributed by atoms with Gasteiger partial charge >= 0.3 is 5.97 Å². The lowest BCUT2D eigenvalue weighted by Gasteiger charge is -2.11. The lowest BCUT2D eigenvalue weighted by Crippen LogP contribution is -2.11. The molecule has 7 heteroatoms. The van der Waals surface area contributed by atoms with Gasteiger partial charge in [0.1, 0.15) is 12.1 Å². The first-order valence-electron chi connectivity index (χ1n) is 8.57. The van der Waals surface area contributed by atoms with Crippen molar-refractivity contribution >= 4 is 16.9 Å². The Kier molecular flexibility index (Phi) is 4.33. The zero-order valence-corrected chi connectivity index (χ0v) is 14.9. The number of para-hydroxylation sites is 1. The molecular formula is C20H17N5O2. The van der Waals surface area contributed by atoms with Crippen LogP contribution in [0.2, 0.25) is 0 Å². The molecule has 134 valence electrons. The van der Waals surface area contributed by atoms with Crippen molar-refractivity contribution in [2.24, 2.45) is 0 Å². The van der Waals surface area contributed by atoms with Gasteiger partial charge in [0.25, 0.3) is 0 Å². The number of nitrogens with zero attached hydrogens (tertiary/aromatic N) is 5. The highest BCUT2D eigenvalue weighted by atomic mass is 16.5. The van der Waals surface area contributed by atoms with Crippen LogP contribution in [0.1, 0.15) is 35.8 Å². The van der Waals surface area contributed by atoms with Gasteiger partial charge in [-0.2, -0.15) is 0 Å². The molecule has 4 aromatic rings. The molecule has 0 aliphatic carbocycles. The second-order valence-electron chi connectivity index (χ2n) is 6.40. The molecule has 2 aromatic heterocycles. The van der Waals surface area contributed by atoms with Crippen molar-refractivity contribution in [3.8, 4) is 11.4 Å². The van der Waals surface area contributed by atoms with E-state index in [1.54, 1.807) is 24.3 Å². The van der Waals surface area contributed by atoms with E-state index < -0.39 is 5.97 Å². The fourth-order valence-electron chi connectivity index (χ4n) is 2.77. The minimum absolute atomic E-state index is 0.205. The summed E-state index contributed by atoms with van der Waals surface area (Å²) in [5.74, 6) is 0.242. The van der Waals surface area contributed by atoms with Crippen LogP contribution in [0, 0.1) is 0 Å². The van der Waals surface area contributed by atoms with E-state index in [9.17, 15) is 4.79 Å². The molecule has 2 heterocycles. The summed E-state index contributed by atoms with van der Waals surface area (Å²) in [7, 11) is 0. The highest BCUT2D eigenvalue weighted by molar-refractivity contribution is 6.04. The maximum Gasteiger partial charge on any atom is 0.344 e. The van der Waals surface area contributed by atoms with Crippen molar-refractivity contribution in [3.05, 3.63) is 72.2 Å². The number of carbonyl (C=O) groups is 1. The Morgan fingerprint density at radius 3 is 2.56 bits per heavy atom. The molecule has 0 amide bonds. The first-order chi connectivity index (χ1) is 13.1. The average molecular weight is 359 g/mol. The van der Waals surface area contributed by atoms with Crippen molar-refractivity contribution in [1.82, 2.24) is 25.2 Å². The number of pyridine rings is 1. The standard InChI is InChI=1S/C20H17N5O2/c1-13(2)19-11-17(16-5-3-4-6-18(16)22-19)20(26)27-15-9-7-14(8-10-15)25-12-21-23-24-25/h3-13H,1-2H3. The molecule has 7 nitrogen and oxygen atoms in total. The number of tetrazole rings is 1. The number of fused-ring (bicyclic) bond motifs is 1. The van der Waals surface area contributed by atoms with Crippen LogP contribution in [0.25, 0.3) is 16.6 Å². The predicted octanol–water partition coefficient (Wildman–Crippen LogP) is 3.55. The van der Waals surface area contributed by atoms with E-state index >= 15 is 0 Å². The highest BCUT2D eigenvalue weighted by Crippen LogP contribution is 2.24. The third kappa shape index (κ3) is 3.39. The van der Waals surface area contributed by atoms with Gasteiger partial charge in [-0.05, 0) is 52.7 Å². The van der Waals surface area contributed by atoms with E-state index in [2.05, 4.69) is 20.5 Å². The van der Waals surface area contributed by atoms with Crippen LogP contribution in [0.3, 0.4) is 0 Å². The maximum atomic E-state index is 12.8. The number of rotatable bonds is 4. The molecule has 4 rings (SSSR count). The fourth-order valence-corrected chi connectivity index (χ4v) is 2.77. The molecule has 0 fully saturated rings. The Morgan fingerprint density at radius 2 is 1.85 bits per heavy atom. The molecule has 0 atom stereocenters. The van der Waals surface area contributed by atoms with Gasteiger partial charge in [0.15, 0.2) is 0 Å². The van der Waals surface area contributed by atoms with Gasteiger partial charge < -0.3 is 4.74 Å². The molecule has 0 N–H and O–H groups in total. The number of esters is 1. The lowest BCUT2D eigenvalue weighted by molar-refractivity contribution is 0.0736. The summed E-state index contributed by atoms with van der Waals surface area (Å²) in [6.45, 7) is 4.09. The average Bonchev–Trinajstić information content (AvgIpc) is 3.22. The summed E-state index contributed by atoms with van der Waals surface area (Å²) in [4.78, 5) is 17.5. The third-order valence-electron chi connectivity index (χ3n) is 4.21. The van der Waals surface area contributed by atoms with Crippen molar-refractivity contribution in [3.63, 3.8) is 0 Å². The molecule has 2 aromatic carbocycles. The first kappa shape index (κ1) is 16.8. The fraction of sp³-hybridized carbons (Fsp3) is 0.150. The van der Waals surface area contributed by atoms with Gasteiger partial charge in [0.2, 0.25) is 0 Å². The molecule has 0 aliphatic rings. The summed E-state index contributed by atoms with van der Waals surface area (Å²) in [6.07, 6.45) is 1.50. The quantitative estimate of drug-likeness (QED) is 0.409. The topological polar surface area (TPSA) is 82.8 Å². The summed E-state index contributed by atoms with van der Waals surface area (Å²) in [6, 6.07) is 16.4. The SMILES string of the molecule is CC(C)c1cc(C(=O)Oc2ccc(-n3cnnn3)cc2)c2ccccc2n1. The van der Waals surface area contributed by atoms with Crippen molar-refractivity contribution in [1.29, 1.82) is 0 Å².